The number of allylic oxidation sites excluding steroid dienone is 1. The predicted molar refractivity (Wildman–Crippen MR) is 82.7 cm³/mol. The Morgan fingerprint density at radius 2 is 2.09 bits per heavy atom. The molecule has 23 heavy (non-hydrogen) atoms. The summed E-state index contributed by atoms with van der Waals surface area (Å²) in [5.41, 5.74) is 0.979. The van der Waals surface area contributed by atoms with Crippen LogP contribution in [0.15, 0.2) is 43.0 Å². The van der Waals surface area contributed by atoms with Crippen molar-refractivity contribution in [2.24, 2.45) is 5.92 Å². The van der Waals surface area contributed by atoms with Gasteiger partial charge in [0.05, 0.1) is 18.4 Å². The average molecular weight is 317 g/mol. The molecule has 1 heterocycles. The first-order valence-electron chi connectivity index (χ1n) is 7.39. The molecule has 1 aliphatic rings. The largest absolute Gasteiger partial charge is 0.481 e. The van der Waals surface area contributed by atoms with Gasteiger partial charge in [0.15, 0.2) is 0 Å². The molecule has 0 spiro atoms. The lowest BCUT2D eigenvalue weighted by atomic mass is 9.98. The van der Waals surface area contributed by atoms with Gasteiger partial charge in [0.25, 0.3) is 0 Å². The number of rotatable bonds is 7. The number of ether oxygens (including phenoxy) is 1. The molecule has 1 unspecified atom stereocenters. The maximum Gasteiger partial charge on any atom is 0.416 e. The monoisotopic (exact) mass is 317 g/mol. The van der Waals surface area contributed by atoms with Crippen molar-refractivity contribution < 1.29 is 24.2 Å². The van der Waals surface area contributed by atoms with Gasteiger partial charge in [-0.25, -0.2) is 9.69 Å². The van der Waals surface area contributed by atoms with Crippen LogP contribution in [-0.4, -0.2) is 40.6 Å². The van der Waals surface area contributed by atoms with Gasteiger partial charge in [-0.15, -0.1) is 6.58 Å². The van der Waals surface area contributed by atoms with Gasteiger partial charge in [0.1, 0.15) is 6.61 Å². The summed E-state index contributed by atoms with van der Waals surface area (Å²) in [6.45, 7) is 3.66. The maximum absolute atomic E-state index is 12.6. The highest BCUT2D eigenvalue weighted by molar-refractivity contribution is 5.96. The van der Waals surface area contributed by atoms with Gasteiger partial charge in [0.2, 0.25) is 5.91 Å². The van der Waals surface area contributed by atoms with Gasteiger partial charge in [-0.1, -0.05) is 36.4 Å². The number of carboxylic acid groups (broad SMARTS) is 1. The zero-order valence-electron chi connectivity index (χ0n) is 12.7. The Morgan fingerprint density at radius 3 is 2.70 bits per heavy atom. The number of carboxylic acids is 1. The van der Waals surface area contributed by atoms with Crippen LogP contribution in [0.25, 0.3) is 0 Å². The first-order valence-corrected chi connectivity index (χ1v) is 7.39. The van der Waals surface area contributed by atoms with E-state index in [1.165, 1.54) is 6.08 Å². The molecule has 0 aromatic heterocycles. The molecule has 1 fully saturated rings. The summed E-state index contributed by atoms with van der Waals surface area (Å²) >= 11 is 0. The molecule has 2 amide bonds. The standard InChI is InChI=1S/C17H19NO5/c1-2-6-13(10-15(19)20)16(21)18-14(11-23-17(18)22)9-12-7-4-3-5-8-12/h2-5,7-8,13-14H,1,6,9-11H2,(H,19,20)/t13?,14-/m1/s1. The molecule has 1 saturated heterocycles. The fourth-order valence-corrected chi connectivity index (χ4v) is 2.65. The second-order valence-corrected chi connectivity index (χ2v) is 5.45. The molecular formula is C17H19NO5. The van der Waals surface area contributed by atoms with E-state index in [1.807, 2.05) is 30.3 Å². The quantitative estimate of drug-likeness (QED) is 0.780. The smallest absolute Gasteiger partial charge is 0.416 e. The Hall–Kier alpha value is -2.63. The number of hydrogen-bond donors (Lipinski definition) is 1. The first kappa shape index (κ1) is 16.7. The highest BCUT2D eigenvalue weighted by Gasteiger charge is 2.40. The van der Waals surface area contributed by atoms with Gasteiger partial charge in [-0.3, -0.25) is 9.59 Å². The second kappa shape index (κ2) is 7.58. The van der Waals surface area contributed by atoms with Crippen molar-refractivity contribution in [3.63, 3.8) is 0 Å². The molecule has 2 atom stereocenters. The van der Waals surface area contributed by atoms with Gasteiger partial charge < -0.3 is 9.84 Å². The Morgan fingerprint density at radius 1 is 1.39 bits per heavy atom. The third kappa shape index (κ3) is 4.18. The Kier molecular flexibility index (Phi) is 5.51. The van der Waals surface area contributed by atoms with Crippen LogP contribution >= 0.6 is 0 Å². The summed E-state index contributed by atoms with van der Waals surface area (Å²) in [6.07, 6.45) is 1.11. The van der Waals surface area contributed by atoms with Crippen molar-refractivity contribution in [2.75, 3.05) is 6.61 Å². The maximum atomic E-state index is 12.6. The van der Waals surface area contributed by atoms with Crippen molar-refractivity contribution in [3.8, 4) is 0 Å². The van der Waals surface area contributed by atoms with E-state index in [4.69, 9.17) is 9.84 Å². The molecule has 0 bridgehead atoms. The topological polar surface area (TPSA) is 83.9 Å². The Balaban J connectivity index is 2.15. The van der Waals surface area contributed by atoms with Crippen LogP contribution in [0, 0.1) is 5.92 Å². The molecule has 0 radical (unpaired) electrons. The van der Waals surface area contributed by atoms with E-state index in [0.29, 0.717) is 6.42 Å². The predicted octanol–water partition coefficient (Wildman–Crippen LogP) is 2.24. The molecule has 0 aliphatic carbocycles. The van der Waals surface area contributed by atoms with Gasteiger partial charge in [-0.2, -0.15) is 0 Å². The molecular weight excluding hydrogens is 298 g/mol. The Bertz CT molecular complexity index is 598. The van der Waals surface area contributed by atoms with Crippen molar-refractivity contribution in [3.05, 3.63) is 48.6 Å². The lowest BCUT2D eigenvalue weighted by molar-refractivity contribution is -0.143. The summed E-state index contributed by atoms with van der Waals surface area (Å²) in [6, 6.07) is 9.04. The van der Waals surface area contributed by atoms with Crippen LogP contribution in [0.1, 0.15) is 18.4 Å². The van der Waals surface area contributed by atoms with E-state index in [0.717, 1.165) is 10.5 Å². The highest BCUT2D eigenvalue weighted by Crippen LogP contribution is 2.23. The number of cyclic esters (lactones) is 1. The minimum atomic E-state index is -1.09. The average Bonchev–Trinajstić information content (AvgIpc) is 2.87. The molecule has 0 saturated carbocycles. The summed E-state index contributed by atoms with van der Waals surface area (Å²) in [5.74, 6) is -2.41. The van der Waals surface area contributed by atoms with Crippen molar-refractivity contribution in [2.45, 2.75) is 25.3 Å². The van der Waals surface area contributed by atoms with Crippen LogP contribution in [0.3, 0.4) is 0 Å². The van der Waals surface area contributed by atoms with Crippen molar-refractivity contribution in [1.29, 1.82) is 0 Å². The number of imide groups is 1. The van der Waals surface area contributed by atoms with E-state index in [2.05, 4.69) is 6.58 Å². The van der Waals surface area contributed by atoms with Crippen molar-refractivity contribution >= 4 is 18.0 Å². The second-order valence-electron chi connectivity index (χ2n) is 5.45. The van der Waals surface area contributed by atoms with Crippen LogP contribution in [-0.2, 0) is 20.7 Å². The summed E-state index contributed by atoms with van der Waals surface area (Å²) in [5, 5.41) is 8.95. The number of nitrogens with zero attached hydrogens (tertiary/aromatic N) is 1. The van der Waals surface area contributed by atoms with E-state index < -0.39 is 29.9 Å². The van der Waals surface area contributed by atoms with E-state index in [9.17, 15) is 14.4 Å². The fourth-order valence-electron chi connectivity index (χ4n) is 2.65. The first-order chi connectivity index (χ1) is 11.0. The van der Waals surface area contributed by atoms with Gasteiger partial charge >= 0.3 is 12.1 Å². The number of carbonyl (C=O) groups excluding carboxylic acids is 2. The third-order valence-corrected chi connectivity index (χ3v) is 3.73. The summed E-state index contributed by atoms with van der Waals surface area (Å²) < 4.78 is 5.00. The SMILES string of the molecule is C=CCC(CC(=O)O)C(=O)N1C(=O)OC[C@H]1Cc1ccccc1. The van der Waals surface area contributed by atoms with Crippen LogP contribution in [0.2, 0.25) is 0 Å². The van der Waals surface area contributed by atoms with E-state index in [1.54, 1.807) is 0 Å². The Labute approximate surface area is 134 Å². The van der Waals surface area contributed by atoms with E-state index >= 15 is 0 Å². The lowest BCUT2D eigenvalue weighted by Gasteiger charge is -2.23. The van der Waals surface area contributed by atoms with Crippen LogP contribution in [0.4, 0.5) is 4.79 Å². The lowest BCUT2D eigenvalue weighted by Crippen LogP contribution is -2.44. The van der Waals surface area contributed by atoms with Crippen LogP contribution < -0.4 is 0 Å². The minimum absolute atomic E-state index is 0.118. The molecule has 122 valence electrons. The molecule has 1 N–H and O–H groups in total. The van der Waals surface area contributed by atoms with Crippen molar-refractivity contribution in [1.82, 2.24) is 4.90 Å². The number of carbonyl (C=O) groups is 3. The van der Waals surface area contributed by atoms with E-state index in [-0.39, 0.29) is 19.4 Å². The number of hydrogen-bond acceptors (Lipinski definition) is 4. The molecule has 1 aromatic rings. The highest BCUT2D eigenvalue weighted by atomic mass is 16.6. The molecule has 1 aromatic carbocycles. The molecule has 6 heteroatoms. The van der Waals surface area contributed by atoms with Gasteiger partial charge in [-0.05, 0) is 18.4 Å². The number of amides is 2. The number of benzene rings is 1. The summed E-state index contributed by atoms with van der Waals surface area (Å²) in [4.78, 5) is 36.5. The molecule has 1 aliphatic heterocycles. The molecule has 2 rings (SSSR count). The zero-order valence-corrected chi connectivity index (χ0v) is 12.7. The fraction of sp³-hybridized carbons (Fsp3) is 0.353. The van der Waals surface area contributed by atoms with Gasteiger partial charge in [0, 0.05) is 0 Å². The molecule has 6 nitrogen and oxygen atoms in total. The zero-order chi connectivity index (χ0) is 16.8. The summed E-state index contributed by atoms with van der Waals surface area (Å²) in [7, 11) is 0. The normalized spacial score (nSPS) is 18.3. The third-order valence-electron chi connectivity index (χ3n) is 3.73. The van der Waals surface area contributed by atoms with Crippen LogP contribution in [0.5, 0.6) is 0 Å². The minimum Gasteiger partial charge on any atom is -0.481 e. The number of aliphatic carboxylic acids is 1.